The van der Waals surface area contributed by atoms with E-state index in [9.17, 15) is 4.91 Å². The zero-order valence-corrected chi connectivity index (χ0v) is 14.4. The fourth-order valence-electron chi connectivity index (χ4n) is 2.79. The Morgan fingerprint density at radius 1 is 0.762 bits per heavy atom. The summed E-state index contributed by atoms with van der Waals surface area (Å²) in [4.78, 5) is 14.2. The molecule has 0 radical (unpaired) electrons. The molecule has 1 aliphatic rings. The topological polar surface area (TPSA) is 38.7 Å². The number of unbranched alkanes of at least 4 members (excludes halogenated alkanes) is 9. The van der Waals surface area contributed by atoms with Crippen LogP contribution in [0.15, 0.2) is 5.34 Å². The molecule has 1 aliphatic carbocycles. The molecule has 0 atom stereocenters. The van der Waals surface area contributed by atoms with Crippen LogP contribution >= 0.6 is 0 Å². The Labute approximate surface area is 132 Å². The highest BCUT2D eigenvalue weighted by Gasteiger charge is 2.14. The predicted octanol–water partition coefficient (Wildman–Crippen LogP) is 6.94. The summed E-state index contributed by atoms with van der Waals surface area (Å²) in [6, 6.07) is 0. The second kappa shape index (κ2) is 17.5. The van der Waals surface area contributed by atoms with Gasteiger partial charge in [-0.05, 0) is 25.7 Å². The molecule has 0 aliphatic heterocycles. The summed E-state index contributed by atoms with van der Waals surface area (Å²) in [6.07, 6.45) is 20.2. The molecule has 1 fully saturated rings. The van der Waals surface area contributed by atoms with Crippen LogP contribution in [0.1, 0.15) is 110 Å². The zero-order chi connectivity index (χ0) is 15.6. The second-order valence-corrected chi connectivity index (χ2v) is 6.27. The molecule has 3 heteroatoms. The largest absolute Gasteiger partial charge is 0.361 e. The van der Waals surface area contributed by atoms with Crippen LogP contribution in [0.25, 0.3) is 0 Å². The summed E-state index contributed by atoms with van der Waals surface area (Å²) in [7, 11) is 0. The summed E-state index contributed by atoms with van der Waals surface area (Å²) in [5.74, 6) is 0. The third kappa shape index (κ3) is 15.6. The predicted molar refractivity (Wildman–Crippen MR) is 91.3 cm³/mol. The average Bonchev–Trinajstić information content (AvgIpc) is 2.52. The molecular weight excluding hydrogens is 262 g/mol. The first-order valence-electron chi connectivity index (χ1n) is 9.33. The van der Waals surface area contributed by atoms with E-state index in [-0.39, 0.29) is 6.10 Å². The van der Waals surface area contributed by atoms with Crippen molar-refractivity contribution in [1.29, 1.82) is 0 Å². The van der Waals surface area contributed by atoms with Crippen molar-refractivity contribution < 1.29 is 4.84 Å². The quantitative estimate of drug-likeness (QED) is 0.235. The maximum absolute atomic E-state index is 9.60. The molecule has 0 heterocycles. The Bertz CT molecular complexity index is 193. The molecule has 0 amide bonds. The van der Waals surface area contributed by atoms with Gasteiger partial charge in [0.25, 0.3) is 0 Å². The van der Waals surface area contributed by atoms with Gasteiger partial charge in [-0.3, -0.25) is 0 Å². The minimum atomic E-state index is 0.122. The first-order valence-corrected chi connectivity index (χ1v) is 9.33. The Hall–Kier alpha value is -0.600. The summed E-state index contributed by atoms with van der Waals surface area (Å²) >= 11 is 0. The van der Waals surface area contributed by atoms with Gasteiger partial charge in [0.1, 0.15) is 6.10 Å². The fourth-order valence-corrected chi connectivity index (χ4v) is 2.79. The summed E-state index contributed by atoms with van der Waals surface area (Å²) in [5, 5.41) is 2.41. The van der Waals surface area contributed by atoms with Crippen LogP contribution < -0.4 is 0 Å². The molecule has 0 spiro atoms. The Kier molecular flexibility index (Phi) is 17.0. The molecule has 0 aromatic carbocycles. The number of nitrogens with zero attached hydrogens (tertiary/aromatic N) is 1. The molecule has 0 saturated heterocycles. The van der Waals surface area contributed by atoms with E-state index in [1.54, 1.807) is 0 Å². The highest BCUT2D eigenvalue weighted by Crippen LogP contribution is 2.19. The van der Waals surface area contributed by atoms with Crippen molar-refractivity contribution >= 4 is 0 Å². The van der Waals surface area contributed by atoms with Gasteiger partial charge < -0.3 is 4.84 Å². The Morgan fingerprint density at radius 2 is 1.19 bits per heavy atom. The minimum Gasteiger partial charge on any atom is -0.361 e. The van der Waals surface area contributed by atoms with Gasteiger partial charge in [0.15, 0.2) is 5.34 Å². The van der Waals surface area contributed by atoms with Gasteiger partial charge in [0, 0.05) is 0 Å². The van der Waals surface area contributed by atoms with Crippen LogP contribution in [0.3, 0.4) is 0 Å². The van der Waals surface area contributed by atoms with E-state index in [4.69, 9.17) is 0 Å². The van der Waals surface area contributed by atoms with Gasteiger partial charge in [-0.15, -0.1) is 4.91 Å². The normalized spacial score (nSPS) is 15.1. The summed E-state index contributed by atoms with van der Waals surface area (Å²) < 4.78 is 0. The van der Waals surface area contributed by atoms with E-state index < -0.39 is 0 Å². The number of hydrogen-bond donors (Lipinski definition) is 0. The number of hydrogen-bond acceptors (Lipinski definition) is 3. The van der Waals surface area contributed by atoms with Gasteiger partial charge in [0.05, 0.1) is 0 Å². The molecular formula is C18H37NO2. The monoisotopic (exact) mass is 299 g/mol. The van der Waals surface area contributed by atoms with E-state index in [2.05, 4.69) is 24.0 Å². The lowest BCUT2D eigenvalue weighted by Gasteiger charge is -2.16. The van der Waals surface area contributed by atoms with Crippen molar-refractivity contribution in [3.05, 3.63) is 4.91 Å². The van der Waals surface area contributed by atoms with Gasteiger partial charge in [-0.1, -0.05) is 84.5 Å². The zero-order valence-electron chi connectivity index (χ0n) is 14.4. The van der Waals surface area contributed by atoms with E-state index >= 15 is 0 Å². The van der Waals surface area contributed by atoms with Crippen LogP contribution in [0, 0.1) is 4.91 Å². The summed E-state index contributed by atoms with van der Waals surface area (Å²) in [6.45, 7) is 4.56. The van der Waals surface area contributed by atoms with Crippen molar-refractivity contribution in [3.63, 3.8) is 0 Å². The van der Waals surface area contributed by atoms with Crippen molar-refractivity contribution in [3.8, 4) is 0 Å². The molecule has 21 heavy (non-hydrogen) atoms. The van der Waals surface area contributed by atoms with Gasteiger partial charge in [-0.2, -0.15) is 0 Å². The maximum atomic E-state index is 9.60. The van der Waals surface area contributed by atoms with Crippen molar-refractivity contribution in [2.24, 2.45) is 5.34 Å². The maximum Gasteiger partial charge on any atom is 0.155 e. The minimum absolute atomic E-state index is 0.122. The van der Waals surface area contributed by atoms with E-state index in [0.717, 1.165) is 12.8 Å². The first kappa shape index (κ1) is 20.4. The Morgan fingerprint density at radius 3 is 1.57 bits per heavy atom. The van der Waals surface area contributed by atoms with Crippen LogP contribution in [-0.4, -0.2) is 6.10 Å². The SMILES string of the molecule is CCCCCCCCCCCC.O=NOC1CCCCC1. The lowest BCUT2D eigenvalue weighted by atomic mass is 9.98. The Balaban J connectivity index is 0.000000394. The third-order valence-corrected chi connectivity index (χ3v) is 4.20. The molecule has 126 valence electrons. The number of rotatable bonds is 11. The lowest BCUT2D eigenvalue weighted by molar-refractivity contribution is 0.0297. The van der Waals surface area contributed by atoms with E-state index in [1.165, 1.54) is 83.5 Å². The summed E-state index contributed by atoms with van der Waals surface area (Å²) in [5.41, 5.74) is 0. The smallest absolute Gasteiger partial charge is 0.155 e. The fraction of sp³-hybridized carbons (Fsp3) is 1.00. The molecule has 3 nitrogen and oxygen atoms in total. The van der Waals surface area contributed by atoms with Crippen LogP contribution in [0.5, 0.6) is 0 Å². The first-order chi connectivity index (χ1) is 10.3. The van der Waals surface area contributed by atoms with E-state index in [0.29, 0.717) is 0 Å². The van der Waals surface area contributed by atoms with Crippen LogP contribution in [-0.2, 0) is 4.84 Å². The second-order valence-electron chi connectivity index (χ2n) is 6.27. The van der Waals surface area contributed by atoms with Gasteiger partial charge in [-0.25, -0.2) is 0 Å². The van der Waals surface area contributed by atoms with Crippen molar-refractivity contribution in [2.75, 3.05) is 0 Å². The molecule has 1 saturated carbocycles. The van der Waals surface area contributed by atoms with E-state index in [1.807, 2.05) is 0 Å². The molecule has 0 bridgehead atoms. The highest BCUT2D eigenvalue weighted by atomic mass is 16.7. The molecule has 0 aromatic heterocycles. The molecule has 0 aromatic rings. The van der Waals surface area contributed by atoms with Crippen molar-refractivity contribution in [2.45, 2.75) is 116 Å². The third-order valence-electron chi connectivity index (χ3n) is 4.20. The van der Waals surface area contributed by atoms with Crippen LogP contribution in [0.4, 0.5) is 0 Å². The highest BCUT2D eigenvalue weighted by molar-refractivity contribution is 4.63. The standard InChI is InChI=1S/C12H26.C6H11NO2/c1-3-5-7-9-11-12-10-8-6-4-2;8-7-9-6-4-2-1-3-5-6/h3-12H2,1-2H3;6H,1-5H2. The molecule has 0 unspecified atom stereocenters. The molecule has 0 N–H and O–H groups in total. The average molecular weight is 299 g/mol. The lowest BCUT2D eigenvalue weighted by Crippen LogP contribution is -2.13. The van der Waals surface area contributed by atoms with Gasteiger partial charge in [0.2, 0.25) is 0 Å². The molecule has 1 rings (SSSR count). The van der Waals surface area contributed by atoms with Gasteiger partial charge >= 0.3 is 0 Å². The van der Waals surface area contributed by atoms with Crippen LogP contribution in [0.2, 0.25) is 0 Å². The van der Waals surface area contributed by atoms with Crippen molar-refractivity contribution in [1.82, 2.24) is 0 Å².